The van der Waals surface area contributed by atoms with Crippen molar-refractivity contribution in [1.82, 2.24) is 4.90 Å². The van der Waals surface area contributed by atoms with E-state index in [0.29, 0.717) is 25.7 Å². The lowest BCUT2D eigenvalue weighted by Crippen LogP contribution is -2.30. The van der Waals surface area contributed by atoms with Crippen LogP contribution < -0.4 is 5.32 Å². The van der Waals surface area contributed by atoms with Crippen molar-refractivity contribution in [2.75, 3.05) is 11.9 Å². The third kappa shape index (κ3) is 4.31. The Hall–Kier alpha value is -3.55. The van der Waals surface area contributed by atoms with Gasteiger partial charge in [-0.2, -0.15) is 0 Å². The number of imide groups is 1. The maximum Gasteiger partial charge on any atom is 0.282 e. The lowest BCUT2D eigenvalue weighted by molar-refractivity contribution is -0.385. The molecule has 0 aromatic heterocycles. The number of para-hydroxylation sites is 1. The fourth-order valence-electron chi connectivity index (χ4n) is 3.33. The number of fused-ring (bicyclic) bond motifs is 1. The van der Waals surface area contributed by atoms with Gasteiger partial charge in [0.1, 0.15) is 5.56 Å². The molecule has 8 nitrogen and oxygen atoms in total. The summed E-state index contributed by atoms with van der Waals surface area (Å²) in [7, 11) is 0. The smallest absolute Gasteiger partial charge is 0.282 e. The third-order valence-electron chi connectivity index (χ3n) is 4.88. The molecular formula is C21H21N3O5. The summed E-state index contributed by atoms with van der Waals surface area (Å²) in [6.45, 7) is 2.09. The number of amides is 3. The molecular weight excluding hydrogens is 374 g/mol. The van der Waals surface area contributed by atoms with Gasteiger partial charge in [-0.1, -0.05) is 30.7 Å². The van der Waals surface area contributed by atoms with Gasteiger partial charge in [0.15, 0.2) is 0 Å². The van der Waals surface area contributed by atoms with E-state index in [2.05, 4.69) is 5.32 Å². The second kappa shape index (κ2) is 8.64. The number of benzene rings is 2. The first kappa shape index (κ1) is 20.2. The standard InChI is InChI=1S/C21H21N3O5/c1-14-8-4-5-10-16(14)22-18(25)12-3-2-6-13-23-20(26)15-9-7-11-17(24(28)29)19(15)21(23)27/h4-5,7-11H,2-3,6,12-13H2,1H3,(H,22,25). The molecule has 2 aromatic rings. The molecule has 3 rings (SSSR count). The Balaban J connectivity index is 1.48. The molecule has 150 valence electrons. The first-order valence-electron chi connectivity index (χ1n) is 9.39. The van der Waals surface area contributed by atoms with Crippen molar-refractivity contribution in [1.29, 1.82) is 0 Å². The van der Waals surface area contributed by atoms with Crippen LogP contribution in [0.1, 0.15) is 52.0 Å². The van der Waals surface area contributed by atoms with Crippen molar-refractivity contribution >= 4 is 29.1 Å². The molecule has 0 radical (unpaired) electrons. The van der Waals surface area contributed by atoms with Crippen LogP contribution in [0.5, 0.6) is 0 Å². The van der Waals surface area contributed by atoms with Crippen LogP contribution in [0.4, 0.5) is 11.4 Å². The lowest BCUT2D eigenvalue weighted by Gasteiger charge is -2.13. The van der Waals surface area contributed by atoms with E-state index in [0.717, 1.165) is 16.2 Å². The minimum Gasteiger partial charge on any atom is -0.326 e. The number of nitrogens with zero attached hydrogens (tertiary/aromatic N) is 2. The molecule has 0 fully saturated rings. The fraction of sp³-hybridized carbons (Fsp3) is 0.286. The molecule has 3 amide bonds. The summed E-state index contributed by atoms with van der Waals surface area (Å²) in [5.74, 6) is -1.23. The Morgan fingerprint density at radius 2 is 1.79 bits per heavy atom. The Morgan fingerprint density at radius 3 is 2.52 bits per heavy atom. The second-order valence-electron chi connectivity index (χ2n) is 6.89. The molecule has 0 saturated carbocycles. The summed E-state index contributed by atoms with van der Waals surface area (Å²) in [6.07, 6.45) is 2.12. The molecule has 1 aliphatic rings. The average Bonchev–Trinajstić information content (AvgIpc) is 2.94. The van der Waals surface area contributed by atoms with Gasteiger partial charge in [-0.15, -0.1) is 0 Å². The summed E-state index contributed by atoms with van der Waals surface area (Å²) in [6, 6.07) is 11.6. The Kier molecular flexibility index (Phi) is 6.01. The van der Waals surface area contributed by atoms with E-state index in [1.165, 1.54) is 18.2 Å². The van der Waals surface area contributed by atoms with Gasteiger partial charge in [0.05, 0.1) is 10.5 Å². The molecule has 0 atom stereocenters. The van der Waals surface area contributed by atoms with Crippen LogP contribution in [0.2, 0.25) is 0 Å². The van der Waals surface area contributed by atoms with E-state index in [1.807, 2.05) is 31.2 Å². The molecule has 1 N–H and O–H groups in total. The van der Waals surface area contributed by atoms with E-state index in [9.17, 15) is 24.5 Å². The molecule has 0 bridgehead atoms. The van der Waals surface area contributed by atoms with Gasteiger partial charge in [0.2, 0.25) is 5.91 Å². The van der Waals surface area contributed by atoms with E-state index < -0.39 is 16.7 Å². The number of carbonyl (C=O) groups is 3. The largest absolute Gasteiger partial charge is 0.326 e. The van der Waals surface area contributed by atoms with Crippen LogP contribution in [-0.4, -0.2) is 34.1 Å². The van der Waals surface area contributed by atoms with Crippen LogP contribution in [0.15, 0.2) is 42.5 Å². The third-order valence-corrected chi connectivity index (χ3v) is 4.88. The molecule has 1 heterocycles. The molecule has 1 aliphatic heterocycles. The number of carbonyl (C=O) groups excluding carboxylic acids is 3. The maximum atomic E-state index is 12.5. The topological polar surface area (TPSA) is 110 Å². The Labute approximate surface area is 167 Å². The molecule has 0 spiro atoms. The SMILES string of the molecule is Cc1ccccc1NC(=O)CCCCCN1C(=O)c2cccc([N+](=O)[O-])c2C1=O. The first-order chi connectivity index (χ1) is 13.9. The summed E-state index contributed by atoms with van der Waals surface area (Å²) >= 11 is 0. The number of nitro benzene ring substituents is 1. The molecule has 0 unspecified atom stereocenters. The number of aryl methyl sites for hydroxylation is 1. The summed E-state index contributed by atoms with van der Waals surface area (Å²) in [5, 5.41) is 14.0. The minimum atomic E-state index is -0.652. The number of nitro groups is 1. The Morgan fingerprint density at radius 1 is 1.03 bits per heavy atom. The van der Waals surface area contributed by atoms with Crippen molar-refractivity contribution in [3.05, 3.63) is 69.3 Å². The summed E-state index contributed by atoms with van der Waals surface area (Å²) in [4.78, 5) is 48.4. The van der Waals surface area contributed by atoms with Crippen LogP contribution >= 0.6 is 0 Å². The van der Waals surface area contributed by atoms with Crippen molar-refractivity contribution in [3.63, 3.8) is 0 Å². The van der Waals surface area contributed by atoms with Crippen molar-refractivity contribution in [2.24, 2.45) is 0 Å². The van der Waals surface area contributed by atoms with Crippen LogP contribution in [0.25, 0.3) is 0 Å². The number of rotatable bonds is 8. The molecule has 2 aromatic carbocycles. The number of anilines is 1. The first-order valence-corrected chi connectivity index (χ1v) is 9.39. The van der Waals surface area contributed by atoms with E-state index in [1.54, 1.807) is 0 Å². The van der Waals surface area contributed by atoms with Gasteiger partial charge >= 0.3 is 0 Å². The predicted octanol–water partition coefficient (Wildman–Crippen LogP) is 3.70. The van der Waals surface area contributed by atoms with Crippen molar-refractivity contribution in [2.45, 2.75) is 32.6 Å². The number of hydrogen-bond donors (Lipinski definition) is 1. The highest BCUT2D eigenvalue weighted by molar-refractivity contribution is 6.23. The van der Waals surface area contributed by atoms with Gasteiger partial charge in [0.25, 0.3) is 17.5 Å². The van der Waals surface area contributed by atoms with Gasteiger partial charge in [0, 0.05) is 24.7 Å². The highest BCUT2D eigenvalue weighted by Crippen LogP contribution is 2.30. The van der Waals surface area contributed by atoms with Gasteiger partial charge in [-0.25, -0.2) is 0 Å². The van der Waals surface area contributed by atoms with Crippen molar-refractivity contribution in [3.8, 4) is 0 Å². The average molecular weight is 395 g/mol. The molecule has 8 heteroatoms. The number of nitrogens with one attached hydrogen (secondary N) is 1. The quantitative estimate of drug-likeness (QED) is 0.317. The number of hydrogen-bond acceptors (Lipinski definition) is 5. The van der Waals surface area contributed by atoms with Gasteiger partial charge in [-0.05, 0) is 37.5 Å². The van der Waals surface area contributed by atoms with Crippen LogP contribution in [-0.2, 0) is 4.79 Å². The maximum absolute atomic E-state index is 12.5. The highest BCUT2D eigenvalue weighted by Gasteiger charge is 2.40. The normalized spacial score (nSPS) is 12.8. The molecule has 29 heavy (non-hydrogen) atoms. The predicted molar refractivity (Wildman–Crippen MR) is 107 cm³/mol. The van der Waals surface area contributed by atoms with Gasteiger partial charge < -0.3 is 5.32 Å². The van der Waals surface area contributed by atoms with E-state index in [4.69, 9.17) is 0 Å². The van der Waals surface area contributed by atoms with E-state index in [-0.39, 0.29) is 29.3 Å². The Bertz CT molecular complexity index is 986. The summed E-state index contributed by atoms with van der Waals surface area (Å²) < 4.78 is 0. The molecule has 0 aliphatic carbocycles. The zero-order chi connectivity index (χ0) is 21.0. The fourth-order valence-corrected chi connectivity index (χ4v) is 3.33. The number of unbranched alkanes of at least 4 members (excludes halogenated alkanes) is 2. The molecule has 0 saturated heterocycles. The highest BCUT2D eigenvalue weighted by atomic mass is 16.6. The minimum absolute atomic E-state index is 0.0711. The zero-order valence-electron chi connectivity index (χ0n) is 16.0. The summed E-state index contributed by atoms with van der Waals surface area (Å²) in [5.41, 5.74) is 1.35. The van der Waals surface area contributed by atoms with Crippen LogP contribution in [0.3, 0.4) is 0 Å². The van der Waals surface area contributed by atoms with Gasteiger partial charge in [-0.3, -0.25) is 29.4 Å². The second-order valence-corrected chi connectivity index (χ2v) is 6.89. The monoisotopic (exact) mass is 395 g/mol. The van der Waals surface area contributed by atoms with Crippen molar-refractivity contribution < 1.29 is 19.3 Å². The van der Waals surface area contributed by atoms with Crippen LogP contribution in [0, 0.1) is 17.0 Å². The van der Waals surface area contributed by atoms with E-state index >= 15 is 0 Å². The lowest BCUT2D eigenvalue weighted by atomic mass is 10.1. The zero-order valence-corrected chi connectivity index (χ0v) is 16.0.